The zero-order chi connectivity index (χ0) is 19.4. The molecule has 0 saturated heterocycles. The standard InChI is InChI=1S/C23H36O4/c1-22-10-8-14(4-3-5-21(26)27)12-18(22)19(24)13-15-16-6-7-20(25)23(16,2)11-9-17(15)22/h14-19,24H,3-13H2,1-2H3,(H,26,27)/t14-,15-,16-,17-,18+,19+,22+,23-/m0/s1. The molecule has 0 unspecified atom stereocenters. The number of aliphatic carboxylic acids is 1. The van der Waals surface area contributed by atoms with Crippen LogP contribution < -0.4 is 0 Å². The van der Waals surface area contributed by atoms with Gasteiger partial charge in [-0.2, -0.15) is 0 Å². The van der Waals surface area contributed by atoms with Gasteiger partial charge in [0.05, 0.1) is 6.10 Å². The zero-order valence-corrected chi connectivity index (χ0v) is 17.0. The summed E-state index contributed by atoms with van der Waals surface area (Å²) in [5.41, 5.74) is 0.0662. The van der Waals surface area contributed by atoms with Crippen molar-refractivity contribution in [2.45, 2.75) is 90.6 Å². The summed E-state index contributed by atoms with van der Waals surface area (Å²) in [6, 6.07) is 0. The molecule has 4 aliphatic rings. The van der Waals surface area contributed by atoms with Crippen LogP contribution >= 0.6 is 0 Å². The molecule has 8 atom stereocenters. The molecule has 0 aromatic rings. The second-order valence-corrected chi connectivity index (χ2v) is 10.6. The van der Waals surface area contributed by atoms with E-state index in [1.54, 1.807) is 0 Å². The molecule has 0 bridgehead atoms. The van der Waals surface area contributed by atoms with Gasteiger partial charge in [-0.15, -0.1) is 0 Å². The van der Waals surface area contributed by atoms with E-state index in [2.05, 4.69) is 13.8 Å². The smallest absolute Gasteiger partial charge is 0.303 e. The summed E-state index contributed by atoms with van der Waals surface area (Å²) >= 11 is 0. The molecule has 4 rings (SSSR count). The van der Waals surface area contributed by atoms with Crippen molar-refractivity contribution in [3.05, 3.63) is 0 Å². The van der Waals surface area contributed by atoms with E-state index in [1.165, 1.54) is 6.42 Å². The van der Waals surface area contributed by atoms with E-state index in [1.807, 2.05) is 0 Å². The molecule has 0 heterocycles. The fourth-order valence-electron chi connectivity index (χ4n) is 7.96. The Morgan fingerprint density at radius 1 is 1.07 bits per heavy atom. The Hall–Kier alpha value is -0.900. The molecule has 0 radical (unpaired) electrons. The highest BCUT2D eigenvalue weighted by molar-refractivity contribution is 5.87. The van der Waals surface area contributed by atoms with Crippen molar-refractivity contribution in [3.8, 4) is 0 Å². The van der Waals surface area contributed by atoms with Crippen LogP contribution in [0.2, 0.25) is 0 Å². The maximum Gasteiger partial charge on any atom is 0.303 e. The minimum atomic E-state index is -0.701. The Kier molecular flexibility index (Phi) is 4.93. The van der Waals surface area contributed by atoms with Crippen LogP contribution in [0.15, 0.2) is 0 Å². The highest BCUT2D eigenvalue weighted by atomic mass is 16.4. The van der Waals surface area contributed by atoms with Crippen molar-refractivity contribution in [1.82, 2.24) is 0 Å². The van der Waals surface area contributed by atoms with Gasteiger partial charge in [-0.25, -0.2) is 0 Å². The predicted octanol–water partition coefficient (Wildman–Crippen LogP) is 4.44. The van der Waals surface area contributed by atoms with Crippen molar-refractivity contribution < 1.29 is 19.8 Å². The third-order valence-corrected chi connectivity index (χ3v) is 9.50. The number of fused-ring (bicyclic) bond motifs is 5. The highest BCUT2D eigenvalue weighted by Crippen LogP contribution is 2.66. The lowest BCUT2D eigenvalue weighted by Crippen LogP contribution is -2.57. The van der Waals surface area contributed by atoms with Crippen molar-refractivity contribution >= 4 is 11.8 Å². The normalized spacial score (nSPS) is 49.2. The van der Waals surface area contributed by atoms with Gasteiger partial charge in [0, 0.05) is 18.3 Å². The van der Waals surface area contributed by atoms with Crippen LogP contribution in [0, 0.1) is 40.4 Å². The van der Waals surface area contributed by atoms with Gasteiger partial charge in [-0.1, -0.05) is 13.8 Å². The molecular weight excluding hydrogens is 340 g/mol. The quantitative estimate of drug-likeness (QED) is 0.761. The van der Waals surface area contributed by atoms with Crippen molar-refractivity contribution in [3.63, 3.8) is 0 Å². The number of hydrogen-bond donors (Lipinski definition) is 2. The van der Waals surface area contributed by atoms with Crippen LogP contribution in [0.25, 0.3) is 0 Å². The molecule has 0 aromatic carbocycles. The minimum absolute atomic E-state index is 0.127. The summed E-state index contributed by atoms with van der Waals surface area (Å²) < 4.78 is 0. The van der Waals surface area contributed by atoms with E-state index in [-0.39, 0.29) is 23.4 Å². The molecule has 4 saturated carbocycles. The lowest BCUT2D eigenvalue weighted by Gasteiger charge is -2.61. The Balaban J connectivity index is 1.49. The number of hydrogen-bond acceptors (Lipinski definition) is 3. The summed E-state index contributed by atoms with van der Waals surface area (Å²) in [6.45, 7) is 4.62. The second kappa shape index (κ2) is 6.86. The Morgan fingerprint density at radius 2 is 1.85 bits per heavy atom. The molecule has 4 heteroatoms. The number of Topliss-reactive ketones (excluding diaryl/α,β-unsaturated/α-hetero) is 1. The summed E-state index contributed by atoms with van der Waals surface area (Å²) in [4.78, 5) is 23.3. The average Bonchev–Trinajstić information content (AvgIpc) is 2.91. The molecule has 0 aliphatic heterocycles. The molecule has 4 fully saturated rings. The largest absolute Gasteiger partial charge is 0.481 e. The van der Waals surface area contributed by atoms with Crippen LogP contribution in [0.5, 0.6) is 0 Å². The summed E-state index contributed by atoms with van der Waals surface area (Å²) in [5, 5.41) is 20.0. The van der Waals surface area contributed by atoms with Crippen LogP contribution in [0.3, 0.4) is 0 Å². The Morgan fingerprint density at radius 3 is 2.59 bits per heavy atom. The van der Waals surface area contributed by atoms with Gasteiger partial charge in [-0.3, -0.25) is 9.59 Å². The topological polar surface area (TPSA) is 74.6 Å². The Bertz CT molecular complexity index is 615. The summed E-state index contributed by atoms with van der Waals surface area (Å²) in [7, 11) is 0. The minimum Gasteiger partial charge on any atom is -0.481 e. The third kappa shape index (κ3) is 3.07. The molecule has 152 valence electrons. The van der Waals surface area contributed by atoms with Gasteiger partial charge in [0.25, 0.3) is 0 Å². The van der Waals surface area contributed by atoms with Crippen LogP contribution in [-0.2, 0) is 9.59 Å². The molecule has 0 aromatic heterocycles. The van der Waals surface area contributed by atoms with Crippen molar-refractivity contribution in [2.75, 3.05) is 0 Å². The summed E-state index contributed by atoms with van der Waals surface area (Å²) in [5.74, 6) is 2.32. The number of ketones is 1. The molecule has 4 nitrogen and oxygen atoms in total. The van der Waals surface area contributed by atoms with Crippen molar-refractivity contribution in [2.24, 2.45) is 40.4 Å². The van der Waals surface area contributed by atoms with Gasteiger partial charge in [-0.05, 0) is 92.8 Å². The fraction of sp³-hybridized carbons (Fsp3) is 0.913. The number of carboxylic acid groups (broad SMARTS) is 1. The van der Waals surface area contributed by atoms with Crippen LogP contribution in [-0.4, -0.2) is 28.1 Å². The zero-order valence-electron chi connectivity index (χ0n) is 17.0. The molecular formula is C23H36O4. The predicted molar refractivity (Wildman–Crippen MR) is 103 cm³/mol. The molecule has 27 heavy (non-hydrogen) atoms. The van der Waals surface area contributed by atoms with E-state index in [9.17, 15) is 14.7 Å². The first-order chi connectivity index (χ1) is 12.8. The molecule has 0 amide bonds. The summed E-state index contributed by atoms with van der Waals surface area (Å²) in [6.07, 6.45) is 9.97. The van der Waals surface area contributed by atoms with Gasteiger partial charge in [0.15, 0.2) is 0 Å². The highest BCUT2D eigenvalue weighted by Gasteiger charge is 2.61. The van der Waals surface area contributed by atoms with E-state index in [0.717, 1.165) is 57.8 Å². The van der Waals surface area contributed by atoms with E-state index < -0.39 is 5.97 Å². The third-order valence-electron chi connectivity index (χ3n) is 9.50. The number of rotatable bonds is 4. The SMILES string of the molecule is C[C@]12CC[C@H](CCCC(=O)O)C[C@@H]1[C@H](O)C[C@@H]1[C@@H]2CC[C@]2(C)C(=O)CC[C@@H]12. The van der Waals surface area contributed by atoms with Gasteiger partial charge in [0.2, 0.25) is 0 Å². The lowest BCUT2D eigenvalue weighted by molar-refractivity contribution is -0.165. The first-order valence-corrected chi connectivity index (χ1v) is 11.2. The van der Waals surface area contributed by atoms with Crippen LogP contribution in [0.1, 0.15) is 84.5 Å². The van der Waals surface area contributed by atoms with Crippen LogP contribution in [0.4, 0.5) is 0 Å². The monoisotopic (exact) mass is 376 g/mol. The second-order valence-electron chi connectivity index (χ2n) is 10.6. The number of aliphatic hydroxyl groups is 1. The number of aliphatic hydroxyl groups excluding tert-OH is 1. The maximum atomic E-state index is 12.5. The van der Waals surface area contributed by atoms with Crippen molar-refractivity contribution in [1.29, 1.82) is 0 Å². The van der Waals surface area contributed by atoms with E-state index in [4.69, 9.17) is 5.11 Å². The van der Waals surface area contributed by atoms with E-state index in [0.29, 0.717) is 35.4 Å². The molecule has 0 spiro atoms. The number of carbonyl (C=O) groups is 2. The first kappa shape index (κ1) is 19.4. The fourth-order valence-corrected chi connectivity index (χ4v) is 7.96. The first-order valence-electron chi connectivity index (χ1n) is 11.2. The Labute approximate surface area is 163 Å². The lowest BCUT2D eigenvalue weighted by atomic mass is 9.44. The number of carboxylic acids is 1. The average molecular weight is 377 g/mol. The number of carbonyl (C=O) groups excluding carboxylic acids is 1. The van der Waals surface area contributed by atoms with Gasteiger partial charge in [0.1, 0.15) is 5.78 Å². The van der Waals surface area contributed by atoms with Gasteiger partial charge < -0.3 is 10.2 Å². The molecule has 4 aliphatic carbocycles. The maximum absolute atomic E-state index is 12.5. The van der Waals surface area contributed by atoms with E-state index >= 15 is 0 Å². The van der Waals surface area contributed by atoms with Gasteiger partial charge >= 0.3 is 5.97 Å². The molecule has 2 N–H and O–H groups in total.